The highest BCUT2D eigenvalue weighted by Crippen LogP contribution is 2.37. The molecule has 0 aromatic heterocycles. The molecule has 0 amide bonds. The first-order valence-corrected chi connectivity index (χ1v) is 6.83. The highest BCUT2D eigenvalue weighted by atomic mass is 127. The van der Waals surface area contributed by atoms with Crippen molar-refractivity contribution < 1.29 is 13.2 Å². The van der Waals surface area contributed by atoms with Crippen LogP contribution in [0.5, 0.6) is 0 Å². The summed E-state index contributed by atoms with van der Waals surface area (Å²) in [5, 5.41) is 3.07. The fraction of sp³-hybridized carbons (Fsp3) is 0.500. The predicted octanol–water partition coefficient (Wildman–Crippen LogP) is 3.64. The zero-order valence-corrected chi connectivity index (χ0v) is 14.3. The summed E-state index contributed by atoms with van der Waals surface area (Å²) in [5.41, 5.74) is 0.324. The van der Waals surface area contributed by atoms with E-state index in [2.05, 4.69) is 27.9 Å². The van der Waals surface area contributed by atoms with Gasteiger partial charge in [0, 0.05) is 29.7 Å². The number of hydrogen-bond acceptors (Lipinski definition) is 2. The van der Waals surface area contributed by atoms with Crippen molar-refractivity contribution in [3.63, 3.8) is 0 Å². The number of nitrogens with one attached hydrogen (secondary N) is 1. The Labute approximate surface area is 142 Å². The number of benzene rings is 1. The standard InChI is InChI=1S/C12H14F3IN2.2ClH/c13-12(14,15)11(18-7-5-17-6-8-18)9-1-3-10(16)4-2-9;;/h1-4,11,17H,5-8H2;2*1H/t11-;;/m1../s1. The van der Waals surface area contributed by atoms with Crippen molar-refractivity contribution in [2.45, 2.75) is 12.2 Å². The highest BCUT2D eigenvalue weighted by molar-refractivity contribution is 14.1. The molecule has 1 heterocycles. The van der Waals surface area contributed by atoms with Gasteiger partial charge in [-0.25, -0.2) is 0 Å². The molecule has 116 valence electrons. The van der Waals surface area contributed by atoms with Gasteiger partial charge < -0.3 is 5.32 Å². The fourth-order valence-corrected chi connectivity index (χ4v) is 2.55. The molecule has 1 aliphatic rings. The first kappa shape index (κ1) is 20.2. The minimum absolute atomic E-state index is 0. The van der Waals surface area contributed by atoms with Crippen LogP contribution in [0.1, 0.15) is 11.6 Å². The molecule has 8 heteroatoms. The summed E-state index contributed by atoms with van der Waals surface area (Å²) in [7, 11) is 0. The van der Waals surface area contributed by atoms with Crippen LogP contribution in [0, 0.1) is 3.57 Å². The van der Waals surface area contributed by atoms with Gasteiger partial charge in [0.25, 0.3) is 0 Å². The second kappa shape index (κ2) is 8.63. The molecular weight excluding hydrogens is 427 g/mol. The molecule has 1 aliphatic heterocycles. The molecule has 1 saturated heterocycles. The molecule has 2 rings (SSSR count). The van der Waals surface area contributed by atoms with Crippen LogP contribution in [-0.4, -0.2) is 37.3 Å². The predicted molar refractivity (Wildman–Crippen MR) is 86.9 cm³/mol. The van der Waals surface area contributed by atoms with Crippen molar-refractivity contribution >= 4 is 47.4 Å². The molecule has 0 unspecified atom stereocenters. The van der Waals surface area contributed by atoms with Gasteiger partial charge in [-0.15, -0.1) is 24.8 Å². The molecule has 1 atom stereocenters. The van der Waals surface area contributed by atoms with E-state index in [0.29, 0.717) is 31.7 Å². The molecule has 1 aromatic rings. The Kier molecular flexibility index (Phi) is 8.73. The Bertz CT molecular complexity index is 395. The maximum Gasteiger partial charge on any atom is 0.408 e. The smallest absolute Gasteiger partial charge is 0.314 e. The highest BCUT2D eigenvalue weighted by Gasteiger charge is 2.44. The normalized spacial score (nSPS) is 17.8. The lowest BCUT2D eigenvalue weighted by atomic mass is 10.0. The Hall–Kier alpha value is 0.240. The van der Waals surface area contributed by atoms with Crippen molar-refractivity contribution in [3.05, 3.63) is 33.4 Å². The third-order valence-corrected chi connectivity index (χ3v) is 3.73. The lowest BCUT2D eigenvalue weighted by molar-refractivity contribution is -0.187. The van der Waals surface area contributed by atoms with E-state index in [4.69, 9.17) is 0 Å². The van der Waals surface area contributed by atoms with Gasteiger partial charge in [-0.1, -0.05) is 12.1 Å². The van der Waals surface area contributed by atoms with Gasteiger partial charge in [0.05, 0.1) is 0 Å². The number of alkyl halides is 3. The number of halogens is 6. The van der Waals surface area contributed by atoms with E-state index in [1.807, 2.05) is 0 Å². The molecule has 1 N–H and O–H groups in total. The fourth-order valence-electron chi connectivity index (χ4n) is 2.19. The summed E-state index contributed by atoms with van der Waals surface area (Å²) in [5.74, 6) is 0. The largest absolute Gasteiger partial charge is 0.408 e. The van der Waals surface area contributed by atoms with E-state index in [9.17, 15) is 13.2 Å². The molecule has 0 radical (unpaired) electrons. The summed E-state index contributed by atoms with van der Waals surface area (Å²) in [4.78, 5) is 1.50. The van der Waals surface area contributed by atoms with Crippen LogP contribution in [0.2, 0.25) is 0 Å². The summed E-state index contributed by atoms with van der Waals surface area (Å²) in [6.45, 7) is 2.07. The molecule has 0 saturated carbocycles. The van der Waals surface area contributed by atoms with E-state index in [1.165, 1.54) is 4.90 Å². The minimum Gasteiger partial charge on any atom is -0.314 e. The van der Waals surface area contributed by atoms with Crippen LogP contribution in [-0.2, 0) is 0 Å². The zero-order chi connectivity index (χ0) is 13.2. The molecule has 20 heavy (non-hydrogen) atoms. The van der Waals surface area contributed by atoms with Crippen LogP contribution in [0.3, 0.4) is 0 Å². The Morgan fingerprint density at radius 1 is 1.05 bits per heavy atom. The maximum absolute atomic E-state index is 13.2. The molecule has 2 nitrogen and oxygen atoms in total. The lowest BCUT2D eigenvalue weighted by Crippen LogP contribution is -2.49. The maximum atomic E-state index is 13.2. The minimum atomic E-state index is -4.23. The van der Waals surface area contributed by atoms with Gasteiger partial charge in [0.2, 0.25) is 0 Å². The quantitative estimate of drug-likeness (QED) is 0.703. The number of nitrogens with zero attached hydrogens (tertiary/aromatic N) is 1. The van der Waals surface area contributed by atoms with Crippen molar-refractivity contribution in [3.8, 4) is 0 Å². The Morgan fingerprint density at radius 2 is 1.55 bits per heavy atom. The number of rotatable bonds is 2. The second-order valence-electron chi connectivity index (χ2n) is 4.28. The van der Waals surface area contributed by atoms with Gasteiger partial charge >= 0.3 is 6.18 Å². The van der Waals surface area contributed by atoms with Crippen LogP contribution in [0.15, 0.2) is 24.3 Å². The van der Waals surface area contributed by atoms with Crippen LogP contribution in [0.4, 0.5) is 13.2 Å². The summed E-state index contributed by atoms with van der Waals surface area (Å²) in [6.07, 6.45) is -4.23. The van der Waals surface area contributed by atoms with E-state index in [1.54, 1.807) is 24.3 Å². The summed E-state index contributed by atoms with van der Waals surface area (Å²) >= 11 is 2.09. The molecule has 0 spiro atoms. The van der Waals surface area contributed by atoms with Crippen LogP contribution < -0.4 is 5.32 Å². The Balaban J connectivity index is 0.00000180. The van der Waals surface area contributed by atoms with Gasteiger partial charge in [-0.2, -0.15) is 13.2 Å². The third kappa shape index (κ3) is 5.22. The number of piperazine rings is 1. The third-order valence-electron chi connectivity index (χ3n) is 3.01. The van der Waals surface area contributed by atoms with E-state index < -0.39 is 12.2 Å². The van der Waals surface area contributed by atoms with Gasteiger partial charge in [0.15, 0.2) is 0 Å². The van der Waals surface area contributed by atoms with Crippen LogP contribution in [0.25, 0.3) is 0 Å². The first-order chi connectivity index (χ1) is 8.48. The first-order valence-electron chi connectivity index (χ1n) is 5.75. The molecule has 0 bridgehead atoms. The molecular formula is C12H16Cl2F3IN2. The average molecular weight is 443 g/mol. The van der Waals surface area contributed by atoms with E-state index >= 15 is 0 Å². The van der Waals surface area contributed by atoms with Crippen molar-refractivity contribution in [2.24, 2.45) is 0 Å². The molecule has 0 aliphatic carbocycles. The van der Waals surface area contributed by atoms with Gasteiger partial charge in [0.1, 0.15) is 6.04 Å². The summed E-state index contributed by atoms with van der Waals surface area (Å²) < 4.78 is 40.6. The lowest BCUT2D eigenvalue weighted by Gasteiger charge is -2.36. The topological polar surface area (TPSA) is 15.3 Å². The molecule has 1 fully saturated rings. The zero-order valence-electron chi connectivity index (χ0n) is 10.5. The summed E-state index contributed by atoms with van der Waals surface area (Å²) in [6, 6.07) is 5.09. The van der Waals surface area contributed by atoms with E-state index in [-0.39, 0.29) is 24.8 Å². The monoisotopic (exact) mass is 442 g/mol. The van der Waals surface area contributed by atoms with Crippen molar-refractivity contribution in [1.29, 1.82) is 0 Å². The van der Waals surface area contributed by atoms with Crippen molar-refractivity contribution in [1.82, 2.24) is 10.2 Å². The number of hydrogen-bond donors (Lipinski definition) is 1. The second-order valence-corrected chi connectivity index (χ2v) is 5.53. The SMILES string of the molecule is Cl.Cl.FC(F)(F)[C@@H](c1ccc(I)cc1)N1CCNCC1. The Morgan fingerprint density at radius 3 is 2.00 bits per heavy atom. The van der Waals surface area contributed by atoms with E-state index in [0.717, 1.165) is 3.57 Å². The van der Waals surface area contributed by atoms with Gasteiger partial charge in [-0.05, 0) is 40.3 Å². The molecule has 1 aromatic carbocycles. The average Bonchev–Trinajstić information content (AvgIpc) is 2.32. The van der Waals surface area contributed by atoms with Crippen molar-refractivity contribution in [2.75, 3.05) is 26.2 Å². The van der Waals surface area contributed by atoms with Crippen LogP contribution >= 0.6 is 47.4 Å². The van der Waals surface area contributed by atoms with Gasteiger partial charge in [-0.3, -0.25) is 4.90 Å².